The summed E-state index contributed by atoms with van der Waals surface area (Å²) in [4.78, 5) is 16.5. The summed E-state index contributed by atoms with van der Waals surface area (Å²) in [6, 6.07) is 15.1. The number of rotatable bonds is 4. The fourth-order valence-electron chi connectivity index (χ4n) is 2.04. The Labute approximate surface area is 151 Å². The van der Waals surface area contributed by atoms with Crippen LogP contribution in [-0.4, -0.2) is 10.9 Å². The molecule has 0 bridgehead atoms. The Hall–Kier alpha value is -1.69. The molecular formula is C17H12BrClN2OS. The van der Waals surface area contributed by atoms with Gasteiger partial charge in [-0.25, -0.2) is 4.98 Å². The van der Waals surface area contributed by atoms with Crippen LogP contribution >= 0.6 is 38.9 Å². The monoisotopic (exact) mass is 406 g/mol. The molecule has 3 rings (SSSR count). The maximum atomic E-state index is 12.1. The second-order valence-electron chi connectivity index (χ2n) is 4.90. The Balaban J connectivity index is 1.65. The number of anilines is 1. The Morgan fingerprint density at radius 3 is 2.52 bits per heavy atom. The van der Waals surface area contributed by atoms with Gasteiger partial charge in [-0.05, 0) is 29.8 Å². The highest BCUT2D eigenvalue weighted by atomic mass is 79.9. The lowest BCUT2D eigenvalue weighted by Crippen LogP contribution is -2.14. The van der Waals surface area contributed by atoms with Gasteiger partial charge in [-0.2, -0.15) is 0 Å². The highest BCUT2D eigenvalue weighted by Gasteiger charge is 2.09. The van der Waals surface area contributed by atoms with E-state index in [9.17, 15) is 4.79 Å². The van der Waals surface area contributed by atoms with Gasteiger partial charge in [0.05, 0.1) is 12.1 Å². The third-order valence-corrected chi connectivity index (χ3v) is 4.71. The molecule has 0 saturated heterocycles. The molecule has 0 saturated carbocycles. The molecule has 1 amide bonds. The van der Waals surface area contributed by atoms with Crippen molar-refractivity contribution in [2.24, 2.45) is 0 Å². The van der Waals surface area contributed by atoms with E-state index in [-0.39, 0.29) is 5.91 Å². The SMILES string of the molecule is O=C(Cc1ccc(Cl)cc1)Nc1nc(-c2ccc(Br)cc2)cs1. The highest BCUT2D eigenvalue weighted by Crippen LogP contribution is 2.26. The van der Waals surface area contributed by atoms with Crippen LogP contribution in [-0.2, 0) is 11.2 Å². The van der Waals surface area contributed by atoms with Gasteiger partial charge >= 0.3 is 0 Å². The minimum Gasteiger partial charge on any atom is -0.302 e. The lowest BCUT2D eigenvalue weighted by Gasteiger charge is -2.02. The molecule has 0 unspecified atom stereocenters. The first kappa shape index (κ1) is 16.2. The van der Waals surface area contributed by atoms with Crippen molar-refractivity contribution in [3.63, 3.8) is 0 Å². The van der Waals surface area contributed by atoms with E-state index < -0.39 is 0 Å². The summed E-state index contributed by atoms with van der Waals surface area (Å²) in [5, 5.41) is 6.02. The van der Waals surface area contributed by atoms with E-state index >= 15 is 0 Å². The van der Waals surface area contributed by atoms with Crippen LogP contribution in [0, 0.1) is 0 Å². The third-order valence-electron chi connectivity index (χ3n) is 3.17. The molecule has 3 nitrogen and oxygen atoms in total. The zero-order chi connectivity index (χ0) is 16.2. The number of carbonyl (C=O) groups excluding carboxylic acids is 1. The van der Waals surface area contributed by atoms with E-state index in [4.69, 9.17) is 11.6 Å². The van der Waals surface area contributed by atoms with Crippen molar-refractivity contribution in [2.45, 2.75) is 6.42 Å². The van der Waals surface area contributed by atoms with E-state index in [0.717, 1.165) is 21.3 Å². The fraction of sp³-hybridized carbons (Fsp3) is 0.0588. The van der Waals surface area contributed by atoms with Crippen molar-refractivity contribution in [1.29, 1.82) is 0 Å². The smallest absolute Gasteiger partial charge is 0.230 e. The molecule has 116 valence electrons. The summed E-state index contributed by atoms with van der Waals surface area (Å²) in [5.41, 5.74) is 2.78. The van der Waals surface area contributed by atoms with Crippen LogP contribution in [0.4, 0.5) is 5.13 Å². The average Bonchev–Trinajstić information content (AvgIpc) is 2.98. The van der Waals surface area contributed by atoms with Gasteiger partial charge in [0.25, 0.3) is 0 Å². The Morgan fingerprint density at radius 2 is 1.83 bits per heavy atom. The Bertz CT molecular complexity index is 815. The molecule has 0 aliphatic carbocycles. The topological polar surface area (TPSA) is 42.0 Å². The van der Waals surface area contributed by atoms with Crippen LogP contribution in [0.1, 0.15) is 5.56 Å². The molecule has 1 heterocycles. The molecule has 0 aliphatic heterocycles. The van der Waals surface area contributed by atoms with Crippen molar-refractivity contribution >= 4 is 49.9 Å². The van der Waals surface area contributed by atoms with Gasteiger partial charge < -0.3 is 5.32 Å². The molecule has 23 heavy (non-hydrogen) atoms. The van der Waals surface area contributed by atoms with Gasteiger partial charge in [0.2, 0.25) is 5.91 Å². The van der Waals surface area contributed by atoms with Crippen LogP contribution in [0.5, 0.6) is 0 Å². The number of hydrogen-bond acceptors (Lipinski definition) is 3. The zero-order valence-electron chi connectivity index (χ0n) is 11.9. The lowest BCUT2D eigenvalue weighted by atomic mass is 10.1. The normalized spacial score (nSPS) is 10.5. The molecule has 1 aromatic heterocycles. The Kier molecular flexibility index (Phi) is 5.10. The van der Waals surface area contributed by atoms with E-state index in [1.165, 1.54) is 11.3 Å². The number of nitrogens with one attached hydrogen (secondary N) is 1. The number of thiazole rings is 1. The van der Waals surface area contributed by atoms with Gasteiger partial charge in [-0.15, -0.1) is 11.3 Å². The lowest BCUT2D eigenvalue weighted by molar-refractivity contribution is -0.115. The third kappa shape index (κ3) is 4.41. The van der Waals surface area contributed by atoms with E-state index in [0.29, 0.717) is 16.6 Å². The second-order valence-corrected chi connectivity index (χ2v) is 7.11. The van der Waals surface area contributed by atoms with Crippen molar-refractivity contribution in [3.8, 4) is 11.3 Å². The number of hydrogen-bond donors (Lipinski definition) is 1. The molecule has 3 aromatic rings. The van der Waals surface area contributed by atoms with Gasteiger partial charge in [0.15, 0.2) is 5.13 Å². The molecule has 0 atom stereocenters. The van der Waals surface area contributed by atoms with Gasteiger partial charge in [0, 0.05) is 20.4 Å². The first-order chi connectivity index (χ1) is 11.1. The number of nitrogens with zero attached hydrogens (tertiary/aromatic N) is 1. The summed E-state index contributed by atoms with van der Waals surface area (Å²) >= 11 is 10.7. The highest BCUT2D eigenvalue weighted by molar-refractivity contribution is 9.10. The summed E-state index contributed by atoms with van der Waals surface area (Å²) < 4.78 is 1.02. The maximum Gasteiger partial charge on any atom is 0.230 e. The first-order valence-corrected chi connectivity index (χ1v) is 8.91. The number of carbonyl (C=O) groups is 1. The molecule has 0 radical (unpaired) electrons. The zero-order valence-corrected chi connectivity index (χ0v) is 15.1. The minimum absolute atomic E-state index is 0.0935. The van der Waals surface area contributed by atoms with Crippen LogP contribution in [0.25, 0.3) is 11.3 Å². The van der Waals surface area contributed by atoms with E-state index in [2.05, 4.69) is 26.2 Å². The molecular weight excluding hydrogens is 396 g/mol. The standard InChI is InChI=1S/C17H12BrClN2OS/c18-13-5-3-12(4-6-13)15-10-23-17(20-15)21-16(22)9-11-1-7-14(19)8-2-11/h1-8,10H,9H2,(H,20,21,22). The van der Waals surface area contributed by atoms with Crippen molar-refractivity contribution in [2.75, 3.05) is 5.32 Å². The summed E-state index contributed by atoms with van der Waals surface area (Å²) in [7, 11) is 0. The predicted octanol–water partition coefficient (Wildman–Crippen LogP) is 5.41. The average molecular weight is 408 g/mol. The van der Waals surface area contributed by atoms with Crippen LogP contribution in [0.3, 0.4) is 0 Å². The number of halogens is 2. The van der Waals surface area contributed by atoms with Gasteiger partial charge in [-0.3, -0.25) is 4.79 Å². The van der Waals surface area contributed by atoms with Crippen LogP contribution in [0.2, 0.25) is 5.02 Å². The van der Waals surface area contributed by atoms with E-state index in [1.807, 2.05) is 41.8 Å². The van der Waals surface area contributed by atoms with Gasteiger partial charge in [-0.1, -0.05) is 51.8 Å². The fourth-order valence-corrected chi connectivity index (χ4v) is 3.16. The molecule has 2 aromatic carbocycles. The predicted molar refractivity (Wildman–Crippen MR) is 99.0 cm³/mol. The van der Waals surface area contributed by atoms with Crippen molar-refractivity contribution in [1.82, 2.24) is 4.98 Å². The summed E-state index contributed by atoms with van der Waals surface area (Å²) in [6.45, 7) is 0. The molecule has 1 N–H and O–H groups in total. The van der Waals surface area contributed by atoms with Crippen LogP contribution < -0.4 is 5.32 Å². The first-order valence-electron chi connectivity index (χ1n) is 6.86. The van der Waals surface area contributed by atoms with Crippen LogP contribution in [0.15, 0.2) is 58.4 Å². The van der Waals surface area contributed by atoms with Crippen molar-refractivity contribution < 1.29 is 4.79 Å². The molecule has 0 aliphatic rings. The molecule has 6 heteroatoms. The van der Waals surface area contributed by atoms with E-state index in [1.54, 1.807) is 12.1 Å². The number of benzene rings is 2. The quantitative estimate of drug-likeness (QED) is 0.628. The molecule has 0 fully saturated rings. The number of amides is 1. The maximum absolute atomic E-state index is 12.1. The minimum atomic E-state index is -0.0935. The second kappa shape index (κ2) is 7.25. The summed E-state index contributed by atoms with van der Waals surface area (Å²) in [6.07, 6.45) is 0.296. The largest absolute Gasteiger partial charge is 0.302 e. The Morgan fingerprint density at radius 1 is 1.13 bits per heavy atom. The summed E-state index contributed by atoms with van der Waals surface area (Å²) in [5.74, 6) is -0.0935. The van der Waals surface area contributed by atoms with Gasteiger partial charge in [0.1, 0.15) is 0 Å². The van der Waals surface area contributed by atoms with Crippen molar-refractivity contribution in [3.05, 3.63) is 69.0 Å². The number of aromatic nitrogens is 1. The molecule has 0 spiro atoms.